The molecule has 186 valence electrons. The first-order chi connectivity index (χ1) is 17.3. The summed E-state index contributed by atoms with van der Waals surface area (Å²) < 4.78 is 5.75. The second kappa shape index (κ2) is 10.7. The molecule has 36 heavy (non-hydrogen) atoms. The highest BCUT2D eigenvalue weighted by Gasteiger charge is 2.47. The van der Waals surface area contributed by atoms with E-state index in [2.05, 4.69) is 6.92 Å². The Bertz CT molecular complexity index is 1310. The zero-order chi connectivity index (χ0) is 25.8. The van der Waals surface area contributed by atoms with Crippen molar-refractivity contribution >= 4 is 23.1 Å². The van der Waals surface area contributed by atoms with Gasteiger partial charge in [0, 0.05) is 5.56 Å². The summed E-state index contributed by atoms with van der Waals surface area (Å²) in [5.74, 6) is -1.33. The number of phenolic OH excluding ortho intramolecular Hbond substituents is 1. The van der Waals surface area contributed by atoms with Crippen molar-refractivity contribution in [3.63, 3.8) is 0 Å². The van der Waals surface area contributed by atoms with E-state index in [1.54, 1.807) is 36.4 Å². The first kappa shape index (κ1) is 25.0. The van der Waals surface area contributed by atoms with Gasteiger partial charge >= 0.3 is 0 Å². The molecule has 2 N–H and O–H groups in total. The van der Waals surface area contributed by atoms with Gasteiger partial charge in [-0.1, -0.05) is 55.7 Å². The van der Waals surface area contributed by atoms with Gasteiger partial charge in [-0.05, 0) is 67.8 Å². The average molecular weight is 486 g/mol. The van der Waals surface area contributed by atoms with E-state index in [4.69, 9.17) is 4.74 Å². The van der Waals surface area contributed by atoms with Crippen molar-refractivity contribution in [2.75, 3.05) is 11.5 Å². The minimum Gasteiger partial charge on any atom is -0.507 e. The smallest absolute Gasteiger partial charge is 0.300 e. The molecule has 0 bridgehead atoms. The third kappa shape index (κ3) is 4.98. The number of amides is 1. The predicted octanol–water partition coefficient (Wildman–Crippen LogP) is 6.20. The van der Waals surface area contributed by atoms with Gasteiger partial charge < -0.3 is 14.9 Å². The molecule has 0 saturated carbocycles. The summed E-state index contributed by atoms with van der Waals surface area (Å²) in [5.41, 5.74) is 3.02. The number of rotatable bonds is 8. The van der Waals surface area contributed by atoms with Crippen molar-refractivity contribution in [3.8, 4) is 11.5 Å². The molecule has 6 nitrogen and oxygen atoms in total. The van der Waals surface area contributed by atoms with Crippen LogP contribution in [0.15, 0.2) is 72.3 Å². The SMILES string of the molecule is CCCCCOc1ccc(/C(O)=C2\C(=O)C(=O)N(c3cc(C)ccc3O)C2c2cccc(C)c2)cc1. The molecule has 0 aromatic heterocycles. The molecular formula is C30H31NO5. The second-order valence-corrected chi connectivity index (χ2v) is 9.16. The molecule has 1 unspecified atom stereocenters. The van der Waals surface area contributed by atoms with Crippen LogP contribution in [0.4, 0.5) is 5.69 Å². The Balaban J connectivity index is 1.79. The molecule has 1 amide bonds. The highest BCUT2D eigenvalue weighted by molar-refractivity contribution is 6.51. The fourth-order valence-electron chi connectivity index (χ4n) is 4.47. The molecule has 1 fully saturated rings. The summed E-state index contributed by atoms with van der Waals surface area (Å²) in [4.78, 5) is 27.9. The predicted molar refractivity (Wildman–Crippen MR) is 140 cm³/mol. The summed E-state index contributed by atoms with van der Waals surface area (Å²) in [6.45, 7) is 6.50. The van der Waals surface area contributed by atoms with E-state index in [1.165, 1.54) is 11.0 Å². The number of benzene rings is 3. The van der Waals surface area contributed by atoms with Crippen molar-refractivity contribution in [1.82, 2.24) is 0 Å². The van der Waals surface area contributed by atoms with Crippen LogP contribution in [0.2, 0.25) is 0 Å². The zero-order valence-electron chi connectivity index (χ0n) is 20.8. The fraction of sp³-hybridized carbons (Fsp3) is 0.267. The highest BCUT2D eigenvalue weighted by atomic mass is 16.5. The van der Waals surface area contributed by atoms with Gasteiger partial charge in [-0.2, -0.15) is 0 Å². The van der Waals surface area contributed by atoms with Gasteiger partial charge in [0.05, 0.1) is 23.9 Å². The van der Waals surface area contributed by atoms with Gasteiger partial charge in [0.2, 0.25) is 0 Å². The van der Waals surface area contributed by atoms with E-state index < -0.39 is 17.7 Å². The standard InChI is InChI=1S/C30H31NO5/c1-4-5-6-16-36-23-13-11-21(12-14-23)28(33)26-27(22-9-7-8-19(2)17-22)31(30(35)29(26)34)24-18-20(3)10-15-25(24)32/h7-15,17-18,27,32-33H,4-6,16H2,1-3H3/b28-26+. The maximum atomic E-state index is 13.3. The molecule has 1 atom stereocenters. The van der Waals surface area contributed by atoms with E-state index in [0.29, 0.717) is 23.5 Å². The van der Waals surface area contributed by atoms with Crippen molar-refractivity contribution in [1.29, 1.82) is 0 Å². The van der Waals surface area contributed by atoms with Crippen LogP contribution < -0.4 is 9.64 Å². The number of hydrogen-bond acceptors (Lipinski definition) is 5. The Morgan fingerprint density at radius 2 is 1.67 bits per heavy atom. The number of Topliss-reactive ketones (excluding diaryl/α,β-unsaturated/α-hetero) is 1. The van der Waals surface area contributed by atoms with Crippen molar-refractivity contribution < 1.29 is 24.5 Å². The van der Waals surface area contributed by atoms with Gasteiger partial charge in [0.15, 0.2) is 0 Å². The Labute approximate surface area is 211 Å². The van der Waals surface area contributed by atoms with Crippen LogP contribution in [-0.4, -0.2) is 28.5 Å². The Morgan fingerprint density at radius 3 is 2.36 bits per heavy atom. The van der Waals surface area contributed by atoms with E-state index in [0.717, 1.165) is 30.4 Å². The highest BCUT2D eigenvalue weighted by Crippen LogP contribution is 2.45. The molecule has 1 heterocycles. The number of aromatic hydroxyl groups is 1. The summed E-state index contributed by atoms with van der Waals surface area (Å²) in [6.07, 6.45) is 3.16. The number of aryl methyl sites for hydroxylation is 2. The molecule has 1 saturated heterocycles. The first-order valence-electron chi connectivity index (χ1n) is 12.2. The molecule has 0 aliphatic carbocycles. The van der Waals surface area contributed by atoms with Gasteiger partial charge in [-0.15, -0.1) is 0 Å². The molecule has 4 rings (SSSR count). The van der Waals surface area contributed by atoms with Crippen LogP contribution in [-0.2, 0) is 9.59 Å². The molecule has 3 aromatic carbocycles. The molecular weight excluding hydrogens is 454 g/mol. The van der Waals surface area contributed by atoms with E-state index in [1.807, 2.05) is 38.1 Å². The Morgan fingerprint density at radius 1 is 0.944 bits per heavy atom. The Kier molecular flexibility index (Phi) is 7.44. The fourth-order valence-corrected chi connectivity index (χ4v) is 4.47. The van der Waals surface area contributed by atoms with Gasteiger partial charge in [-0.25, -0.2) is 0 Å². The van der Waals surface area contributed by atoms with Gasteiger partial charge in [-0.3, -0.25) is 14.5 Å². The molecule has 1 aliphatic heterocycles. The van der Waals surface area contributed by atoms with Crippen LogP contribution in [0.1, 0.15) is 54.5 Å². The summed E-state index contributed by atoms with van der Waals surface area (Å²) in [7, 11) is 0. The third-order valence-corrected chi connectivity index (χ3v) is 6.34. The number of nitrogens with zero attached hydrogens (tertiary/aromatic N) is 1. The maximum Gasteiger partial charge on any atom is 0.300 e. The van der Waals surface area contributed by atoms with E-state index in [-0.39, 0.29) is 22.8 Å². The molecule has 0 spiro atoms. The number of hydrogen-bond donors (Lipinski definition) is 2. The largest absolute Gasteiger partial charge is 0.507 e. The minimum absolute atomic E-state index is 0.0249. The average Bonchev–Trinajstić information content (AvgIpc) is 3.13. The summed E-state index contributed by atoms with van der Waals surface area (Å²) in [6, 6.07) is 18.3. The first-order valence-corrected chi connectivity index (χ1v) is 12.2. The number of carbonyl (C=O) groups is 2. The number of aliphatic hydroxyl groups excluding tert-OH is 1. The molecule has 6 heteroatoms. The van der Waals surface area contributed by atoms with Gasteiger partial charge in [0.1, 0.15) is 17.3 Å². The van der Waals surface area contributed by atoms with E-state index in [9.17, 15) is 19.8 Å². The van der Waals surface area contributed by atoms with Crippen molar-refractivity contribution in [2.45, 2.75) is 46.1 Å². The normalized spacial score (nSPS) is 17.0. The zero-order valence-corrected chi connectivity index (χ0v) is 20.8. The lowest BCUT2D eigenvalue weighted by molar-refractivity contribution is -0.132. The Hall–Kier alpha value is -4.06. The van der Waals surface area contributed by atoms with Gasteiger partial charge in [0.25, 0.3) is 11.7 Å². The molecule has 1 aliphatic rings. The topological polar surface area (TPSA) is 87.1 Å². The molecule has 3 aromatic rings. The van der Waals surface area contributed by atoms with Crippen molar-refractivity contribution in [3.05, 3.63) is 94.6 Å². The number of phenols is 1. The van der Waals surface area contributed by atoms with Crippen LogP contribution in [0.3, 0.4) is 0 Å². The van der Waals surface area contributed by atoms with Crippen LogP contribution >= 0.6 is 0 Å². The lowest BCUT2D eigenvalue weighted by atomic mass is 9.94. The summed E-state index contributed by atoms with van der Waals surface area (Å²) in [5, 5.41) is 21.9. The monoisotopic (exact) mass is 485 g/mol. The quantitative estimate of drug-likeness (QED) is 0.172. The number of aliphatic hydroxyl groups is 1. The minimum atomic E-state index is -0.900. The number of unbranched alkanes of at least 4 members (excludes halogenated alkanes) is 2. The van der Waals surface area contributed by atoms with Crippen LogP contribution in [0.25, 0.3) is 5.76 Å². The van der Waals surface area contributed by atoms with E-state index >= 15 is 0 Å². The number of carbonyl (C=O) groups excluding carboxylic acids is 2. The molecule has 0 radical (unpaired) electrons. The maximum absolute atomic E-state index is 13.3. The number of ketones is 1. The van der Waals surface area contributed by atoms with Crippen molar-refractivity contribution in [2.24, 2.45) is 0 Å². The summed E-state index contributed by atoms with van der Waals surface area (Å²) >= 11 is 0. The lowest BCUT2D eigenvalue weighted by Crippen LogP contribution is -2.29. The van der Waals surface area contributed by atoms with Crippen LogP contribution in [0, 0.1) is 13.8 Å². The second-order valence-electron chi connectivity index (χ2n) is 9.16. The third-order valence-electron chi connectivity index (χ3n) is 6.34. The number of ether oxygens (including phenoxy) is 1. The van der Waals surface area contributed by atoms with Crippen LogP contribution in [0.5, 0.6) is 11.5 Å². The number of anilines is 1. The lowest BCUT2D eigenvalue weighted by Gasteiger charge is -2.26.